The number of hydrogen-bond donors (Lipinski definition) is 2. The third-order valence-electron chi connectivity index (χ3n) is 3.86. The van der Waals surface area contributed by atoms with Crippen LogP contribution in [0.15, 0.2) is 12.4 Å². The lowest BCUT2D eigenvalue weighted by Gasteiger charge is -2.26. The Morgan fingerprint density at radius 1 is 1.43 bits per heavy atom. The summed E-state index contributed by atoms with van der Waals surface area (Å²) in [5.74, 6) is 1.53. The number of carbonyl (C=O) groups excluding carboxylic acids is 1. The third-order valence-corrected chi connectivity index (χ3v) is 3.86. The molecule has 1 unspecified atom stereocenters. The van der Waals surface area contributed by atoms with Gasteiger partial charge in [0.05, 0.1) is 12.6 Å². The van der Waals surface area contributed by atoms with Gasteiger partial charge in [-0.15, -0.1) is 24.8 Å². The van der Waals surface area contributed by atoms with E-state index in [2.05, 4.69) is 28.7 Å². The predicted molar refractivity (Wildman–Crippen MR) is 94.9 cm³/mol. The number of imidazole rings is 1. The number of nitrogens with one attached hydrogen (secondary N) is 1. The van der Waals surface area contributed by atoms with Crippen LogP contribution >= 0.6 is 24.8 Å². The van der Waals surface area contributed by atoms with Crippen LogP contribution in [-0.4, -0.2) is 34.7 Å². The maximum Gasteiger partial charge on any atom is 0.237 e. The molecule has 0 aromatic carbocycles. The number of nitrogens with zero attached hydrogens (tertiary/aromatic N) is 2. The molecule has 1 aliphatic heterocycles. The number of amides is 1. The van der Waals surface area contributed by atoms with Crippen LogP contribution < -0.4 is 11.1 Å². The van der Waals surface area contributed by atoms with E-state index in [1.165, 1.54) is 0 Å². The number of rotatable bonds is 6. The molecule has 0 spiro atoms. The molecule has 2 heterocycles. The Labute approximate surface area is 150 Å². The molecule has 0 saturated carbocycles. The molecule has 3 N–H and O–H groups in total. The summed E-state index contributed by atoms with van der Waals surface area (Å²) in [4.78, 5) is 16.5. The summed E-state index contributed by atoms with van der Waals surface area (Å²) in [6.45, 7) is 7.04. The van der Waals surface area contributed by atoms with Gasteiger partial charge in [-0.1, -0.05) is 13.8 Å². The molecule has 1 amide bonds. The van der Waals surface area contributed by atoms with Crippen LogP contribution in [0, 0.1) is 11.8 Å². The fourth-order valence-electron chi connectivity index (χ4n) is 2.64. The smallest absolute Gasteiger partial charge is 0.237 e. The molecule has 1 aromatic rings. The largest absolute Gasteiger partial charge is 0.381 e. The van der Waals surface area contributed by atoms with Crippen LogP contribution in [0.1, 0.15) is 32.5 Å². The monoisotopic (exact) mass is 366 g/mol. The molecule has 6 nitrogen and oxygen atoms in total. The van der Waals surface area contributed by atoms with Crippen molar-refractivity contribution < 1.29 is 9.53 Å². The van der Waals surface area contributed by atoms with Gasteiger partial charge in [-0.2, -0.15) is 0 Å². The third kappa shape index (κ3) is 6.67. The highest BCUT2D eigenvalue weighted by Gasteiger charge is 2.26. The van der Waals surface area contributed by atoms with Crippen molar-refractivity contribution in [2.75, 3.05) is 13.2 Å². The molecule has 1 aliphatic rings. The maximum atomic E-state index is 12.2. The van der Waals surface area contributed by atoms with E-state index in [1.807, 2.05) is 6.20 Å². The Kier molecular flexibility index (Phi) is 10.5. The second kappa shape index (κ2) is 10.9. The normalized spacial score (nSPS) is 16.3. The van der Waals surface area contributed by atoms with Gasteiger partial charge in [0.2, 0.25) is 5.91 Å². The molecule has 1 aromatic heterocycles. The quantitative estimate of drug-likeness (QED) is 0.803. The van der Waals surface area contributed by atoms with Crippen LogP contribution in [0.25, 0.3) is 0 Å². The summed E-state index contributed by atoms with van der Waals surface area (Å²) in [5, 5.41) is 2.91. The van der Waals surface area contributed by atoms with Crippen molar-refractivity contribution in [3.63, 3.8) is 0 Å². The lowest BCUT2D eigenvalue weighted by Crippen LogP contribution is -2.47. The van der Waals surface area contributed by atoms with E-state index in [4.69, 9.17) is 10.5 Å². The summed E-state index contributed by atoms with van der Waals surface area (Å²) in [6, 6.07) is -0.456. The zero-order chi connectivity index (χ0) is 15.2. The van der Waals surface area contributed by atoms with E-state index in [-0.39, 0.29) is 36.6 Å². The first-order valence-electron chi connectivity index (χ1n) is 7.69. The van der Waals surface area contributed by atoms with Gasteiger partial charge in [0.15, 0.2) is 0 Å². The fourth-order valence-corrected chi connectivity index (χ4v) is 2.64. The van der Waals surface area contributed by atoms with Crippen LogP contribution in [0.4, 0.5) is 0 Å². The number of halogens is 2. The molecule has 2 rings (SSSR count). The first kappa shape index (κ1) is 22.2. The Morgan fingerprint density at radius 3 is 2.70 bits per heavy atom. The first-order chi connectivity index (χ1) is 10.1. The molecular weight excluding hydrogens is 339 g/mol. The van der Waals surface area contributed by atoms with Crippen LogP contribution in [0.5, 0.6) is 0 Å². The fraction of sp³-hybridized carbons (Fsp3) is 0.733. The minimum absolute atomic E-state index is 0. The average molecular weight is 367 g/mol. The molecule has 0 bridgehead atoms. The van der Waals surface area contributed by atoms with E-state index in [0.717, 1.165) is 25.2 Å². The van der Waals surface area contributed by atoms with Gasteiger partial charge in [0, 0.05) is 32.2 Å². The van der Waals surface area contributed by atoms with Crippen molar-refractivity contribution in [1.29, 1.82) is 0 Å². The number of aromatic nitrogens is 2. The first-order valence-corrected chi connectivity index (χ1v) is 7.69. The van der Waals surface area contributed by atoms with Crippen molar-refractivity contribution in [1.82, 2.24) is 14.9 Å². The van der Waals surface area contributed by atoms with Gasteiger partial charge < -0.3 is 20.4 Å². The molecule has 1 atom stereocenters. The average Bonchev–Trinajstić information content (AvgIpc) is 2.91. The van der Waals surface area contributed by atoms with E-state index in [0.29, 0.717) is 25.7 Å². The topological polar surface area (TPSA) is 82.2 Å². The predicted octanol–water partition coefficient (Wildman–Crippen LogP) is 1.75. The van der Waals surface area contributed by atoms with Gasteiger partial charge >= 0.3 is 0 Å². The van der Waals surface area contributed by atoms with Crippen LogP contribution in [0.2, 0.25) is 0 Å². The van der Waals surface area contributed by atoms with E-state index >= 15 is 0 Å². The molecule has 1 saturated heterocycles. The molecule has 134 valence electrons. The summed E-state index contributed by atoms with van der Waals surface area (Å²) < 4.78 is 7.37. The van der Waals surface area contributed by atoms with Gasteiger partial charge in [-0.3, -0.25) is 4.79 Å². The zero-order valence-electron chi connectivity index (χ0n) is 13.7. The number of hydrogen-bond acceptors (Lipinski definition) is 4. The van der Waals surface area contributed by atoms with Crippen LogP contribution in [-0.2, 0) is 22.6 Å². The Bertz CT molecular complexity index is 462. The second-order valence-electron chi connectivity index (χ2n) is 6.08. The van der Waals surface area contributed by atoms with E-state index in [1.54, 1.807) is 6.20 Å². The lowest BCUT2D eigenvalue weighted by molar-refractivity contribution is -0.124. The molecule has 0 aliphatic carbocycles. The SMILES string of the molecule is CC(C)Cn1ccnc1CNC(=O)C(N)C1CCOCC1.Cl.Cl. The number of nitrogens with two attached hydrogens (primary N) is 1. The summed E-state index contributed by atoms with van der Waals surface area (Å²) in [7, 11) is 0. The van der Waals surface area contributed by atoms with Gasteiger partial charge in [-0.05, 0) is 24.7 Å². The number of ether oxygens (including phenoxy) is 1. The minimum Gasteiger partial charge on any atom is -0.381 e. The highest BCUT2D eigenvalue weighted by atomic mass is 35.5. The van der Waals surface area contributed by atoms with Crippen LogP contribution in [0.3, 0.4) is 0 Å². The van der Waals surface area contributed by atoms with Crippen molar-refractivity contribution in [3.05, 3.63) is 18.2 Å². The number of carbonyl (C=O) groups is 1. The highest BCUT2D eigenvalue weighted by molar-refractivity contribution is 5.85. The van der Waals surface area contributed by atoms with Crippen molar-refractivity contribution >= 4 is 30.7 Å². The standard InChI is InChI=1S/C15H26N4O2.2ClH/c1-11(2)10-19-6-5-17-13(19)9-18-15(20)14(16)12-3-7-21-8-4-12;;/h5-6,11-12,14H,3-4,7-10,16H2,1-2H3,(H,18,20);2*1H. The summed E-state index contributed by atoms with van der Waals surface area (Å²) >= 11 is 0. The van der Waals surface area contributed by atoms with E-state index in [9.17, 15) is 4.79 Å². The van der Waals surface area contributed by atoms with Gasteiger partial charge in [0.1, 0.15) is 5.82 Å². The molecular formula is C15H28Cl2N4O2. The Balaban J connectivity index is 0.00000242. The molecule has 0 radical (unpaired) electrons. The molecule has 8 heteroatoms. The van der Waals surface area contributed by atoms with Gasteiger partial charge in [-0.25, -0.2) is 4.98 Å². The Hall–Kier alpha value is -0.820. The lowest BCUT2D eigenvalue weighted by atomic mass is 9.92. The van der Waals surface area contributed by atoms with Gasteiger partial charge in [0.25, 0.3) is 0 Å². The highest BCUT2D eigenvalue weighted by Crippen LogP contribution is 2.17. The summed E-state index contributed by atoms with van der Waals surface area (Å²) in [5.41, 5.74) is 6.06. The second-order valence-corrected chi connectivity index (χ2v) is 6.08. The maximum absolute atomic E-state index is 12.2. The van der Waals surface area contributed by atoms with Crippen molar-refractivity contribution in [2.45, 2.75) is 45.8 Å². The summed E-state index contributed by atoms with van der Waals surface area (Å²) in [6.07, 6.45) is 5.43. The molecule has 1 fully saturated rings. The van der Waals surface area contributed by atoms with Crippen molar-refractivity contribution in [3.8, 4) is 0 Å². The minimum atomic E-state index is -0.456. The molecule has 23 heavy (non-hydrogen) atoms. The van der Waals surface area contributed by atoms with Crippen molar-refractivity contribution in [2.24, 2.45) is 17.6 Å². The Morgan fingerprint density at radius 2 is 2.09 bits per heavy atom. The van der Waals surface area contributed by atoms with E-state index < -0.39 is 6.04 Å². The zero-order valence-corrected chi connectivity index (χ0v) is 15.4.